The van der Waals surface area contributed by atoms with Gasteiger partial charge in [0.25, 0.3) is 5.91 Å². The van der Waals surface area contributed by atoms with Gasteiger partial charge in [0.05, 0.1) is 45.3 Å². The van der Waals surface area contributed by atoms with Gasteiger partial charge in [0, 0.05) is 16.6 Å². The van der Waals surface area contributed by atoms with Gasteiger partial charge in [0.15, 0.2) is 11.5 Å². The van der Waals surface area contributed by atoms with Crippen LogP contribution in [0.2, 0.25) is 0 Å². The number of allylic oxidation sites excluding steroid dienone is 1. The molecule has 3 aromatic rings. The third-order valence-electron chi connectivity index (χ3n) is 5.83. The Morgan fingerprint density at radius 3 is 2.24 bits per heavy atom. The molecule has 3 aromatic carbocycles. The maximum Gasteiger partial charge on any atom is 0.340 e. The quantitative estimate of drug-likeness (QED) is 0.392. The van der Waals surface area contributed by atoms with E-state index in [1.54, 1.807) is 30.0 Å². The Morgan fingerprint density at radius 2 is 1.56 bits per heavy atom. The first-order chi connectivity index (χ1) is 16.5. The molecule has 4 rings (SSSR count). The predicted molar refractivity (Wildman–Crippen MR) is 130 cm³/mol. The molecule has 1 aliphatic rings. The van der Waals surface area contributed by atoms with E-state index in [1.165, 1.54) is 28.4 Å². The van der Waals surface area contributed by atoms with Crippen LogP contribution in [-0.2, 0) is 14.3 Å². The third-order valence-corrected chi connectivity index (χ3v) is 5.83. The van der Waals surface area contributed by atoms with Crippen molar-refractivity contribution >= 4 is 34.4 Å². The molecular formula is C27H25NO6. The second kappa shape index (κ2) is 9.31. The van der Waals surface area contributed by atoms with Gasteiger partial charge in [0.1, 0.15) is 0 Å². The van der Waals surface area contributed by atoms with Gasteiger partial charge in [-0.05, 0) is 36.6 Å². The SMILES string of the molecule is COC(=O)C1=C(C)N(c2cccc3ccccc23)C(=O)C1=Cc1ccc(OC)c(OC)c1OC. The van der Waals surface area contributed by atoms with E-state index in [-0.39, 0.29) is 17.1 Å². The van der Waals surface area contributed by atoms with E-state index in [4.69, 9.17) is 18.9 Å². The second-order valence-electron chi connectivity index (χ2n) is 7.57. The van der Waals surface area contributed by atoms with Crippen molar-refractivity contribution in [2.45, 2.75) is 6.92 Å². The lowest BCUT2D eigenvalue weighted by atomic mass is 10.0. The average Bonchev–Trinajstić information content (AvgIpc) is 3.11. The van der Waals surface area contributed by atoms with Crippen LogP contribution in [0.15, 0.2) is 71.4 Å². The molecule has 1 amide bonds. The molecule has 0 atom stereocenters. The Bertz CT molecular complexity index is 1350. The number of carbonyl (C=O) groups is 2. The van der Waals surface area contributed by atoms with E-state index >= 15 is 0 Å². The Kier molecular flexibility index (Phi) is 6.27. The smallest absolute Gasteiger partial charge is 0.340 e. The van der Waals surface area contributed by atoms with Gasteiger partial charge in [-0.15, -0.1) is 0 Å². The number of ether oxygens (including phenoxy) is 4. The van der Waals surface area contributed by atoms with E-state index in [9.17, 15) is 9.59 Å². The van der Waals surface area contributed by atoms with Gasteiger partial charge in [-0.2, -0.15) is 0 Å². The van der Waals surface area contributed by atoms with E-state index < -0.39 is 5.97 Å². The van der Waals surface area contributed by atoms with Crippen LogP contribution in [0.1, 0.15) is 12.5 Å². The minimum atomic E-state index is -0.598. The highest BCUT2D eigenvalue weighted by Crippen LogP contribution is 2.43. The summed E-state index contributed by atoms with van der Waals surface area (Å²) < 4.78 is 21.4. The number of anilines is 1. The third kappa shape index (κ3) is 3.65. The fourth-order valence-electron chi connectivity index (χ4n) is 4.27. The number of rotatable bonds is 6. The monoisotopic (exact) mass is 459 g/mol. The van der Waals surface area contributed by atoms with Crippen molar-refractivity contribution in [3.05, 3.63) is 77.0 Å². The van der Waals surface area contributed by atoms with Crippen molar-refractivity contribution in [2.75, 3.05) is 33.3 Å². The van der Waals surface area contributed by atoms with Crippen LogP contribution in [0.4, 0.5) is 5.69 Å². The molecule has 174 valence electrons. The van der Waals surface area contributed by atoms with Crippen LogP contribution < -0.4 is 19.1 Å². The molecule has 0 N–H and O–H groups in total. The number of fused-ring (bicyclic) bond motifs is 1. The minimum Gasteiger partial charge on any atom is -0.493 e. The van der Waals surface area contributed by atoms with Crippen molar-refractivity contribution in [3.8, 4) is 17.2 Å². The van der Waals surface area contributed by atoms with E-state index in [1.807, 2.05) is 42.5 Å². The fraction of sp³-hybridized carbons (Fsp3) is 0.185. The lowest BCUT2D eigenvalue weighted by molar-refractivity contribution is -0.136. The van der Waals surface area contributed by atoms with Crippen LogP contribution in [-0.4, -0.2) is 40.3 Å². The summed E-state index contributed by atoms with van der Waals surface area (Å²) in [6, 6.07) is 17.0. The maximum atomic E-state index is 13.8. The summed E-state index contributed by atoms with van der Waals surface area (Å²) in [7, 11) is 5.83. The molecule has 0 fully saturated rings. The van der Waals surface area contributed by atoms with Crippen molar-refractivity contribution in [1.82, 2.24) is 0 Å². The summed E-state index contributed by atoms with van der Waals surface area (Å²) in [4.78, 5) is 28.1. The molecule has 0 spiro atoms. The predicted octanol–water partition coefficient (Wildman–Crippen LogP) is 4.74. The van der Waals surface area contributed by atoms with Crippen molar-refractivity contribution < 1.29 is 28.5 Å². The molecule has 1 heterocycles. The van der Waals surface area contributed by atoms with Crippen LogP contribution >= 0.6 is 0 Å². The van der Waals surface area contributed by atoms with Gasteiger partial charge >= 0.3 is 5.97 Å². The molecule has 0 aliphatic carbocycles. The molecule has 1 aliphatic heterocycles. The summed E-state index contributed by atoms with van der Waals surface area (Å²) in [5.41, 5.74) is 2.11. The van der Waals surface area contributed by atoms with Gasteiger partial charge in [-0.1, -0.05) is 36.4 Å². The van der Waals surface area contributed by atoms with Crippen molar-refractivity contribution in [3.63, 3.8) is 0 Å². The largest absolute Gasteiger partial charge is 0.493 e. The zero-order chi connectivity index (χ0) is 24.4. The normalized spacial score (nSPS) is 14.7. The molecule has 7 heteroatoms. The Hall–Kier alpha value is -4.26. The number of nitrogens with zero attached hydrogens (tertiary/aromatic N) is 1. The van der Waals surface area contributed by atoms with Gasteiger partial charge in [-0.3, -0.25) is 9.69 Å². The second-order valence-corrected chi connectivity index (χ2v) is 7.57. The summed E-state index contributed by atoms with van der Waals surface area (Å²) in [6.07, 6.45) is 1.62. The molecule has 0 saturated carbocycles. The number of esters is 1. The lowest BCUT2D eigenvalue weighted by Crippen LogP contribution is -2.24. The van der Waals surface area contributed by atoms with E-state index in [2.05, 4.69) is 0 Å². The summed E-state index contributed by atoms with van der Waals surface area (Å²) in [6.45, 7) is 1.73. The zero-order valence-electron chi connectivity index (χ0n) is 19.7. The standard InChI is InChI=1S/C27H25NO6/c1-16-23(27(30)34-5)20(15-18-13-14-22(31-2)25(33-4)24(18)32-3)26(29)28(16)21-12-8-10-17-9-6-7-11-19(17)21/h6-15H,1-5H3. The van der Waals surface area contributed by atoms with Crippen molar-refractivity contribution in [1.29, 1.82) is 0 Å². The van der Waals surface area contributed by atoms with Crippen LogP contribution in [0, 0.1) is 0 Å². The summed E-state index contributed by atoms with van der Waals surface area (Å²) in [5.74, 6) is 0.311. The number of amides is 1. The Morgan fingerprint density at radius 1 is 0.853 bits per heavy atom. The van der Waals surface area contributed by atoms with Crippen LogP contribution in [0.25, 0.3) is 16.8 Å². The first kappa shape index (κ1) is 22.9. The Labute approximate surface area is 197 Å². The molecule has 34 heavy (non-hydrogen) atoms. The molecule has 7 nitrogen and oxygen atoms in total. The maximum absolute atomic E-state index is 13.8. The molecule has 0 aromatic heterocycles. The van der Waals surface area contributed by atoms with Gasteiger partial charge in [-0.25, -0.2) is 4.79 Å². The fourth-order valence-corrected chi connectivity index (χ4v) is 4.27. The Balaban J connectivity index is 1.93. The molecule has 0 radical (unpaired) electrons. The average molecular weight is 459 g/mol. The topological polar surface area (TPSA) is 74.3 Å². The van der Waals surface area contributed by atoms with Crippen LogP contribution in [0.5, 0.6) is 17.2 Å². The zero-order valence-corrected chi connectivity index (χ0v) is 19.7. The highest BCUT2D eigenvalue weighted by molar-refractivity contribution is 6.25. The van der Waals surface area contributed by atoms with Crippen molar-refractivity contribution in [2.24, 2.45) is 0 Å². The first-order valence-corrected chi connectivity index (χ1v) is 10.6. The van der Waals surface area contributed by atoms with Gasteiger partial charge < -0.3 is 18.9 Å². The van der Waals surface area contributed by atoms with E-state index in [0.717, 1.165) is 10.8 Å². The highest BCUT2D eigenvalue weighted by atomic mass is 16.5. The van der Waals surface area contributed by atoms with Crippen LogP contribution in [0.3, 0.4) is 0 Å². The number of methoxy groups -OCH3 is 4. The molecule has 0 bridgehead atoms. The van der Waals surface area contributed by atoms with E-state index in [0.29, 0.717) is 34.2 Å². The first-order valence-electron chi connectivity index (χ1n) is 10.6. The summed E-state index contributed by atoms with van der Waals surface area (Å²) in [5, 5.41) is 1.88. The number of hydrogen-bond donors (Lipinski definition) is 0. The number of benzene rings is 3. The summed E-state index contributed by atoms with van der Waals surface area (Å²) >= 11 is 0. The number of hydrogen-bond acceptors (Lipinski definition) is 6. The lowest BCUT2D eigenvalue weighted by Gasteiger charge is -2.20. The van der Waals surface area contributed by atoms with Gasteiger partial charge in [0.2, 0.25) is 5.75 Å². The minimum absolute atomic E-state index is 0.192. The molecule has 0 saturated heterocycles. The highest BCUT2D eigenvalue weighted by Gasteiger charge is 2.38. The number of carbonyl (C=O) groups excluding carboxylic acids is 2. The molecule has 0 unspecified atom stereocenters. The molecular weight excluding hydrogens is 434 g/mol.